The Bertz CT molecular complexity index is 366. The molecule has 0 spiro atoms. The van der Waals surface area contributed by atoms with Crippen LogP contribution in [0, 0.1) is 11.3 Å². The number of allylic oxidation sites excluding steroid dienone is 3. The van der Waals surface area contributed by atoms with Crippen LogP contribution in [0.5, 0.6) is 0 Å². The van der Waals surface area contributed by atoms with Gasteiger partial charge in [-0.15, -0.1) is 0 Å². The number of hydrogen-bond donors (Lipinski definition) is 1. The van der Waals surface area contributed by atoms with Crippen molar-refractivity contribution in [2.24, 2.45) is 22.1 Å². The fourth-order valence-corrected chi connectivity index (χ4v) is 2.44. The predicted molar refractivity (Wildman–Crippen MR) is 92.4 cm³/mol. The third kappa shape index (κ3) is 6.04. The summed E-state index contributed by atoms with van der Waals surface area (Å²) in [6, 6.07) is 0. The molecular formula is C18H34N2. The third-order valence-corrected chi connectivity index (χ3v) is 4.51. The van der Waals surface area contributed by atoms with Crippen molar-refractivity contribution >= 4 is 5.71 Å². The highest BCUT2D eigenvalue weighted by Gasteiger charge is 2.28. The van der Waals surface area contributed by atoms with E-state index in [1.165, 1.54) is 24.0 Å². The van der Waals surface area contributed by atoms with E-state index in [0.29, 0.717) is 6.54 Å². The molecule has 0 radical (unpaired) electrons. The molecule has 0 aliphatic rings. The minimum Gasteiger partial charge on any atom is -0.326 e. The molecule has 0 rings (SSSR count). The first-order valence-corrected chi connectivity index (χ1v) is 7.77. The highest BCUT2D eigenvalue weighted by atomic mass is 14.7. The molecule has 0 saturated carbocycles. The van der Waals surface area contributed by atoms with Crippen LogP contribution in [0.2, 0.25) is 0 Å². The van der Waals surface area contributed by atoms with Crippen molar-refractivity contribution in [3.8, 4) is 0 Å². The highest BCUT2D eigenvalue weighted by molar-refractivity contribution is 5.87. The molecule has 0 fully saturated rings. The smallest absolute Gasteiger partial charge is 0.0310 e. The lowest BCUT2D eigenvalue weighted by Crippen LogP contribution is -2.27. The van der Waals surface area contributed by atoms with E-state index in [4.69, 9.17) is 5.73 Å². The topological polar surface area (TPSA) is 38.4 Å². The van der Waals surface area contributed by atoms with Gasteiger partial charge in [-0.2, -0.15) is 0 Å². The molecule has 0 saturated heterocycles. The standard InChI is InChI=1S/C18H34N2/c1-8-15(5)10-16(9-2)11-18(6,14(3)4)12-17(13-19)20-7/h9,15H,3,8,10-13,19H2,1-2,4-7H3/b16-9+,20-17+/t15-,18?/m0/s1. The lowest BCUT2D eigenvalue weighted by molar-refractivity contribution is 0.394. The summed E-state index contributed by atoms with van der Waals surface area (Å²) in [5.74, 6) is 0.740. The van der Waals surface area contributed by atoms with Gasteiger partial charge in [-0.05, 0) is 44.4 Å². The van der Waals surface area contributed by atoms with Crippen LogP contribution in [0.15, 0.2) is 28.8 Å². The Morgan fingerprint density at radius 3 is 2.35 bits per heavy atom. The second-order valence-electron chi connectivity index (χ2n) is 6.35. The predicted octanol–water partition coefficient (Wildman–Crippen LogP) is 4.76. The summed E-state index contributed by atoms with van der Waals surface area (Å²) < 4.78 is 0. The average molecular weight is 278 g/mol. The molecule has 2 atom stereocenters. The molecule has 116 valence electrons. The molecule has 0 aromatic heterocycles. The van der Waals surface area contributed by atoms with E-state index in [9.17, 15) is 0 Å². The van der Waals surface area contributed by atoms with Gasteiger partial charge in [-0.25, -0.2) is 0 Å². The quantitative estimate of drug-likeness (QED) is 0.479. The Kier molecular flexibility index (Phi) is 8.71. The van der Waals surface area contributed by atoms with Crippen LogP contribution in [0.1, 0.15) is 60.3 Å². The van der Waals surface area contributed by atoms with Gasteiger partial charge < -0.3 is 5.73 Å². The van der Waals surface area contributed by atoms with E-state index in [0.717, 1.165) is 24.5 Å². The molecule has 0 aliphatic heterocycles. The zero-order valence-electron chi connectivity index (χ0n) is 14.4. The largest absolute Gasteiger partial charge is 0.326 e. The van der Waals surface area contributed by atoms with Gasteiger partial charge in [-0.3, -0.25) is 4.99 Å². The maximum Gasteiger partial charge on any atom is 0.0310 e. The molecular weight excluding hydrogens is 244 g/mol. The summed E-state index contributed by atoms with van der Waals surface area (Å²) in [5.41, 5.74) is 9.66. The van der Waals surface area contributed by atoms with E-state index < -0.39 is 0 Å². The van der Waals surface area contributed by atoms with E-state index in [-0.39, 0.29) is 5.41 Å². The van der Waals surface area contributed by atoms with Crippen LogP contribution < -0.4 is 5.73 Å². The fourth-order valence-electron chi connectivity index (χ4n) is 2.44. The number of rotatable bonds is 9. The summed E-state index contributed by atoms with van der Waals surface area (Å²) in [6.45, 7) is 15.9. The normalized spacial score (nSPS) is 17.8. The van der Waals surface area contributed by atoms with Crippen molar-refractivity contribution in [2.75, 3.05) is 13.6 Å². The summed E-state index contributed by atoms with van der Waals surface area (Å²) in [7, 11) is 1.83. The second kappa shape index (κ2) is 9.12. The number of aliphatic imine (C=N–C) groups is 1. The zero-order valence-corrected chi connectivity index (χ0v) is 14.4. The van der Waals surface area contributed by atoms with Crippen LogP contribution in [0.3, 0.4) is 0 Å². The first-order valence-electron chi connectivity index (χ1n) is 7.77. The van der Waals surface area contributed by atoms with Crippen LogP contribution in [0.4, 0.5) is 0 Å². The van der Waals surface area contributed by atoms with Gasteiger partial charge in [0.1, 0.15) is 0 Å². The van der Waals surface area contributed by atoms with Gasteiger partial charge >= 0.3 is 0 Å². The average Bonchev–Trinajstić information content (AvgIpc) is 2.43. The Morgan fingerprint density at radius 1 is 1.40 bits per heavy atom. The van der Waals surface area contributed by atoms with E-state index in [2.05, 4.69) is 52.3 Å². The maximum atomic E-state index is 5.78. The van der Waals surface area contributed by atoms with E-state index in [1.54, 1.807) is 0 Å². The Labute approximate surface area is 126 Å². The minimum absolute atomic E-state index is 0.0590. The summed E-state index contributed by atoms with van der Waals surface area (Å²) in [6.07, 6.45) is 6.65. The van der Waals surface area contributed by atoms with E-state index in [1.807, 2.05) is 7.05 Å². The van der Waals surface area contributed by atoms with Crippen LogP contribution >= 0.6 is 0 Å². The second-order valence-corrected chi connectivity index (χ2v) is 6.35. The number of nitrogens with two attached hydrogens (primary N) is 1. The van der Waals surface area contributed by atoms with Crippen molar-refractivity contribution in [3.05, 3.63) is 23.8 Å². The van der Waals surface area contributed by atoms with Gasteiger partial charge in [0.05, 0.1) is 0 Å². The lowest BCUT2D eigenvalue weighted by atomic mass is 9.73. The Balaban J connectivity index is 5.04. The Hall–Kier alpha value is -0.890. The van der Waals surface area contributed by atoms with Crippen LogP contribution in [-0.2, 0) is 0 Å². The van der Waals surface area contributed by atoms with Crippen molar-refractivity contribution in [1.29, 1.82) is 0 Å². The molecule has 0 aromatic carbocycles. The van der Waals surface area contributed by atoms with Gasteiger partial charge in [0.2, 0.25) is 0 Å². The van der Waals surface area contributed by atoms with Crippen molar-refractivity contribution in [2.45, 2.75) is 60.3 Å². The van der Waals surface area contributed by atoms with Gasteiger partial charge in [-0.1, -0.05) is 51.0 Å². The highest BCUT2D eigenvalue weighted by Crippen LogP contribution is 2.38. The molecule has 0 amide bonds. The van der Waals surface area contributed by atoms with Crippen molar-refractivity contribution in [1.82, 2.24) is 0 Å². The third-order valence-electron chi connectivity index (χ3n) is 4.51. The van der Waals surface area contributed by atoms with Crippen LogP contribution in [-0.4, -0.2) is 19.3 Å². The Morgan fingerprint density at radius 2 is 2.00 bits per heavy atom. The zero-order chi connectivity index (χ0) is 15.8. The van der Waals surface area contributed by atoms with Crippen molar-refractivity contribution < 1.29 is 0 Å². The molecule has 0 bridgehead atoms. The molecule has 0 heterocycles. The molecule has 0 aromatic rings. The first kappa shape index (κ1) is 19.1. The molecule has 2 heteroatoms. The van der Waals surface area contributed by atoms with Crippen LogP contribution in [0.25, 0.3) is 0 Å². The van der Waals surface area contributed by atoms with Gasteiger partial charge in [0.15, 0.2) is 0 Å². The number of hydrogen-bond acceptors (Lipinski definition) is 2. The first-order chi connectivity index (χ1) is 9.32. The molecule has 2 N–H and O–H groups in total. The summed E-state index contributed by atoms with van der Waals surface area (Å²) >= 11 is 0. The molecule has 20 heavy (non-hydrogen) atoms. The van der Waals surface area contributed by atoms with E-state index >= 15 is 0 Å². The van der Waals surface area contributed by atoms with Gasteiger partial charge in [0, 0.05) is 19.3 Å². The summed E-state index contributed by atoms with van der Waals surface area (Å²) in [5, 5.41) is 0. The molecule has 1 unspecified atom stereocenters. The van der Waals surface area contributed by atoms with Crippen molar-refractivity contribution in [3.63, 3.8) is 0 Å². The number of nitrogens with zero attached hydrogens (tertiary/aromatic N) is 1. The fraction of sp³-hybridized carbons (Fsp3) is 0.722. The minimum atomic E-state index is 0.0590. The monoisotopic (exact) mass is 278 g/mol. The maximum absolute atomic E-state index is 5.78. The van der Waals surface area contributed by atoms with Gasteiger partial charge in [0.25, 0.3) is 0 Å². The lowest BCUT2D eigenvalue weighted by Gasteiger charge is -2.32. The molecule has 0 aliphatic carbocycles. The molecule has 2 nitrogen and oxygen atoms in total. The summed E-state index contributed by atoms with van der Waals surface area (Å²) in [4.78, 5) is 4.32. The SMILES string of the molecule is C=C(C)C(C)(C/C(=C/C)C[C@@H](C)CC)C/C(CN)=N\C.